The molecule has 0 radical (unpaired) electrons. The number of hydrogen-bond acceptors (Lipinski definition) is 4. The van der Waals surface area contributed by atoms with E-state index in [2.05, 4.69) is 18.2 Å². The van der Waals surface area contributed by atoms with Gasteiger partial charge in [-0.05, 0) is 72.7 Å². The molecule has 1 atom stereocenters. The van der Waals surface area contributed by atoms with Crippen LogP contribution < -0.4 is 0 Å². The Morgan fingerprint density at radius 2 is 1.65 bits per heavy atom. The molecule has 0 saturated carbocycles. The van der Waals surface area contributed by atoms with Crippen molar-refractivity contribution in [2.24, 2.45) is 0 Å². The summed E-state index contributed by atoms with van der Waals surface area (Å²) in [5, 5.41) is 19.5. The number of phenols is 1. The number of carbonyl (C=O) groups excluding carboxylic acids is 1. The Labute approximate surface area is 199 Å². The quantitative estimate of drug-likeness (QED) is 0.403. The number of carbonyl (C=O) groups is 2. The molecule has 1 aliphatic rings. The average molecular weight is 460 g/mol. The van der Waals surface area contributed by atoms with Crippen LogP contribution in [0.15, 0.2) is 66.7 Å². The highest BCUT2D eigenvalue weighted by atomic mass is 16.6. The van der Waals surface area contributed by atoms with Gasteiger partial charge >= 0.3 is 12.1 Å². The largest absolute Gasteiger partial charge is 0.508 e. The minimum absolute atomic E-state index is 0.0636. The van der Waals surface area contributed by atoms with Gasteiger partial charge in [0.05, 0.1) is 0 Å². The van der Waals surface area contributed by atoms with Gasteiger partial charge in [-0.2, -0.15) is 0 Å². The van der Waals surface area contributed by atoms with Gasteiger partial charge in [-0.15, -0.1) is 0 Å². The second-order valence-electron chi connectivity index (χ2n) is 9.60. The number of fused-ring (bicyclic) bond motifs is 3. The van der Waals surface area contributed by atoms with Crippen molar-refractivity contribution in [2.45, 2.75) is 51.8 Å². The van der Waals surface area contributed by atoms with E-state index in [4.69, 9.17) is 4.74 Å². The van der Waals surface area contributed by atoms with E-state index in [1.54, 1.807) is 32.9 Å². The molecule has 3 aromatic rings. The van der Waals surface area contributed by atoms with Crippen molar-refractivity contribution < 1.29 is 24.5 Å². The van der Waals surface area contributed by atoms with Crippen LogP contribution in [-0.2, 0) is 29.0 Å². The summed E-state index contributed by atoms with van der Waals surface area (Å²) in [7, 11) is 0. The zero-order valence-corrected chi connectivity index (χ0v) is 19.6. The van der Waals surface area contributed by atoms with Crippen LogP contribution in [0.25, 0.3) is 11.1 Å². The van der Waals surface area contributed by atoms with E-state index in [-0.39, 0.29) is 18.8 Å². The number of aliphatic carboxylic acids is 1. The lowest BCUT2D eigenvalue weighted by Crippen LogP contribution is -2.55. The molecule has 6 heteroatoms. The fraction of sp³-hybridized carbons (Fsp3) is 0.286. The summed E-state index contributed by atoms with van der Waals surface area (Å²) in [6, 6.07) is 19.4. The Hall–Kier alpha value is -3.80. The van der Waals surface area contributed by atoms with Crippen LogP contribution in [0.5, 0.6) is 5.75 Å². The van der Waals surface area contributed by atoms with E-state index in [0.29, 0.717) is 5.56 Å². The number of rotatable bonds is 6. The highest BCUT2D eigenvalue weighted by Gasteiger charge is 2.38. The summed E-state index contributed by atoms with van der Waals surface area (Å²) in [6.45, 7) is 5.43. The Kier molecular flexibility index (Phi) is 6.33. The molecule has 4 rings (SSSR count). The van der Waals surface area contributed by atoms with E-state index in [9.17, 15) is 19.8 Å². The zero-order chi connectivity index (χ0) is 24.5. The number of nitrogens with zero attached hydrogens (tertiary/aromatic N) is 1. The summed E-state index contributed by atoms with van der Waals surface area (Å²) in [6.07, 6.45) is 0.200. The molecule has 0 saturated heterocycles. The predicted molar refractivity (Wildman–Crippen MR) is 130 cm³/mol. The molecule has 0 fully saturated rings. The molecule has 1 aliphatic carbocycles. The molecule has 176 valence electrons. The highest BCUT2D eigenvalue weighted by Crippen LogP contribution is 2.38. The zero-order valence-electron chi connectivity index (χ0n) is 19.6. The summed E-state index contributed by atoms with van der Waals surface area (Å²) < 4.78 is 5.71. The molecular formula is C28H29NO5. The number of ether oxygens (including phenoxy) is 1. The minimum atomic E-state index is -1.12. The summed E-state index contributed by atoms with van der Waals surface area (Å²) in [5.41, 5.74) is 5.55. The SMILES string of the molecule is CC(C)(C)N(C(=O)OCc1cccc2c1Cc1ccccc1-2)[C@@H](Cc1ccc(O)cc1)C(=O)O. The fourth-order valence-electron chi connectivity index (χ4n) is 4.58. The molecule has 3 aromatic carbocycles. The maximum atomic E-state index is 13.3. The Bertz CT molecular complexity index is 1210. The fourth-order valence-corrected chi connectivity index (χ4v) is 4.58. The first-order chi connectivity index (χ1) is 16.1. The van der Waals surface area contributed by atoms with Gasteiger partial charge in [-0.1, -0.05) is 54.6 Å². The van der Waals surface area contributed by atoms with Gasteiger partial charge in [0.25, 0.3) is 0 Å². The topological polar surface area (TPSA) is 87.1 Å². The van der Waals surface area contributed by atoms with Crippen LogP contribution in [0, 0.1) is 0 Å². The molecule has 0 aliphatic heterocycles. The molecular weight excluding hydrogens is 430 g/mol. The van der Waals surface area contributed by atoms with Crippen LogP contribution in [0.2, 0.25) is 0 Å². The lowest BCUT2D eigenvalue weighted by Gasteiger charge is -2.39. The van der Waals surface area contributed by atoms with Crippen molar-refractivity contribution in [3.63, 3.8) is 0 Å². The molecule has 34 heavy (non-hydrogen) atoms. The number of amides is 1. The lowest BCUT2D eigenvalue weighted by atomic mass is 9.98. The Morgan fingerprint density at radius 3 is 2.32 bits per heavy atom. The number of carboxylic acid groups (broad SMARTS) is 1. The van der Waals surface area contributed by atoms with Crippen molar-refractivity contribution in [1.29, 1.82) is 0 Å². The smallest absolute Gasteiger partial charge is 0.411 e. The summed E-state index contributed by atoms with van der Waals surface area (Å²) >= 11 is 0. The van der Waals surface area contributed by atoms with Crippen LogP contribution in [0.1, 0.15) is 43.0 Å². The molecule has 6 nitrogen and oxygen atoms in total. The summed E-state index contributed by atoms with van der Waals surface area (Å²) in [4.78, 5) is 26.8. The van der Waals surface area contributed by atoms with Crippen molar-refractivity contribution in [2.75, 3.05) is 0 Å². The number of carboxylic acids is 1. The number of benzene rings is 3. The highest BCUT2D eigenvalue weighted by molar-refractivity contribution is 5.81. The third-order valence-corrected chi connectivity index (χ3v) is 6.18. The third-order valence-electron chi connectivity index (χ3n) is 6.18. The van der Waals surface area contributed by atoms with Gasteiger partial charge in [0.2, 0.25) is 0 Å². The standard InChI is InChI=1S/C28H29NO5/c1-28(2,3)29(25(26(31)32)15-18-11-13-21(30)14-12-18)27(33)34-17-20-8-6-10-23-22-9-5-4-7-19(22)16-24(20)23/h4-14,25,30H,15-17H2,1-3H3,(H,31,32)/t25-/m0/s1. The van der Waals surface area contributed by atoms with Crippen LogP contribution in [0.3, 0.4) is 0 Å². The van der Waals surface area contributed by atoms with Gasteiger partial charge in [0, 0.05) is 12.0 Å². The van der Waals surface area contributed by atoms with Crippen LogP contribution >= 0.6 is 0 Å². The van der Waals surface area contributed by atoms with E-state index in [1.807, 2.05) is 24.3 Å². The molecule has 0 unspecified atom stereocenters. The first-order valence-corrected chi connectivity index (χ1v) is 11.3. The van der Waals surface area contributed by atoms with Crippen LogP contribution in [0.4, 0.5) is 4.79 Å². The van der Waals surface area contributed by atoms with Gasteiger partial charge < -0.3 is 14.9 Å². The van der Waals surface area contributed by atoms with E-state index >= 15 is 0 Å². The molecule has 0 bridgehead atoms. The first kappa shape index (κ1) is 23.4. The maximum absolute atomic E-state index is 13.3. The third kappa shape index (κ3) is 4.76. The summed E-state index contributed by atoms with van der Waals surface area (Å²) in [5.74, 6) is -1.02. The van der Waals surface area contributed by atoms with Crippen molar-refractivity contribution in [1.82, 2.24) is 4.90 Å². The second-order valence-corrected chi connectivity index (χ2v) is 9.60. The number of hydrogen-bond donors (Lipinski definition) is 2. The lowest BCUT2D eigenvalue weighted by molar-refractivity contribution is -0.144. The monoisotopic (exact) mass is 459 g/mol. The molecule has 0 spiro atoms. The van der Waals surface area contributed by atoms with E-state index in [1.165, 1.54) is 28.2 Å². The van der Waals surface area contributed by atoms with Gasteiger partial charge in [0.1, 0.15) is 18.4 Å². The molecule has 0 aromatic heterocycles. The normalized spacial score (nSPS) is 13.0. The van der Waals surface area contributed by atoms with Crippen LogP contribution in [-0.4, -0.2) is 38.8 Å². The second kappa shape index (κ2) is 9.21. The molecule has 2 N–H and O–H groups in total. The Balaban J connectivity index is 1.55. The number of phenolic OH excluding ortho intramolecular Hbond substituents is 1. The first-order valence-electron chi connectivity index (χ1n) is 11.3. The van der Waals surface area contributed by atoms with Crippen molar-refractivity contribution in [3.8, 4) is 16.9 Å². The Morgan fingerprint density at radius 1 is 0.971 bits per heavy atom. The van der Waals surface area contributed by atoms with Gasteiger partial charge in [-0.25, -0.2) is 9.59 Å². The molecule has 0 heterocycles. The predicted octanol–water partition coefficient (Wildman–Crippen LogP) is 5.40. The number of aromatic hydroxyl groups is 1. The van der Waals surface area contributed by atoms with E-state index in [0.717, 1.165) is 23.1 Å². The maximum Gasteiger partial charge on any atom is 0.411 e. The van der Waals surface area contributed by atoms with Crippen molar-refractivity contribution in [3.05, 3.63) is 89.0 Å². The molecule has 1 amide bonds. The van der Waals surface area contributed by atoms with Crippen molar-refractivity contribution >= 4 is 12.1 Å². The minimum Gasteiger partial charge on any atom is -0.508 e. The average Bonchev–Trinajstić information content (AvgIpc) is 3.17. The van der Waals surface area contributed by atoms with E-state index < -0.39 is 23.6 Å². The van der Waals surface area contributed by atoms with Gasteiger partial charge in [0.15, 0.2) is 0 Å². The van der Waals surface area contributed by atoms with Gasteiger partial charge in [-0.3, -0.25) is 4.90 Å².